The zero-order valence-electron chi connectivity index (χ0n) is 34.4. The molecule has 0 radical (unpaired) electrons. The average Bonchev–Trinajstić information content (AvgIpc) is 0.950. The fourth-order valence-electron chi connectivity index (χ4n) is 1.31. The first kappa shape index (κ1) is 157. The molecule has 0 bridgehead atoms. The Labute approximate surface area is 1140 Å². The van der Waals surface area contributed by atoms with Crippen molar-refractivity contribution in [3.63, 3.8) is 0 Å². The molecule has 91 heavy (non-hydrogen) atoms. The molecule has 91 heteroatoms. The second-order valence-corrected chi connectivity index (χ2v) is 2170. The van der Waals surface area contributed by atoms with Gasteiger partial charge in [-0.1, -0.05) is 0 Å². The van der Waals surface area contributed by atoms with Gasteiger partial charge in [-0.3, -0.25) is 0 Å². The second kappa shape index (κ2) is 95.0. The van der Waals surface area contributed by atoms with E-state index in [1.807, 2.05) is 0 Å². The third-order valence-electron chi connectivity index (χ3n) is 3.55. The van der Waals surface area contributed by atoms with Gasteiger partial charge in [0.05, 0.1) is 0 Å². The molecule has 0 fully saturated rings. The molecular formula is I91-. The zero-order valence-corrected chi connectivity index (χ0v) is 231. The van der Waals surface area contributed by atoms with Gasteiger partial charge in [0.25, 0.3) is 0 Å². The number of rotatable bonds is 44. The van der Waals surface area contributed by atoms with Crippen LogP contribution in [0.4, 0.5) is 0 Å². The van der Waals surface area contributed by atoms with Crippen LogP contribution in [0.1, 0.15) is 0 Å². The van der Waals surface area contributed by atoms with Crippen LogP contribution in [0.25, 0.3) is 0 Å². The molecule has 638 valence electrons. The average molecular weight is 11500 g/mol. The normalized spacial score (nSPS) is 19.1. The molecule has 0 N–H and O–H groups in total. The topological polar surface area (TPSA) is 0 Å². The van der Waals surface area contributed by atoms with Crippen LogP contribution in [0.3, 0.4) is 0 Å². The van der Waals surface area contributed by atoms with E-state index in [1.165, 1.54) is 0 Å². The summed E-state index contributed by atoms with van der Waals surface area (Å²) < 4.78 is 0. The van der Waals surface area contributed by atoms with Gasteiger partial charge in [-0.15, -0.1) is 0 Å². The van der Waals surface area contributed by atoms with Gasteiger partial charge in [0.1, 0.15) is 0 Å². The first-order valence-electron chi connectivity index (χ1n) is 12.9. The van der Waals surface area contributed by atoms with Gasteiger partial charge in [0.15, 0.2) is 0 Å². The summed E-state index contributed by atoms with van der Waals surface area (Å²) in [5, 5.41) is 0. The number of hydrogen-bond donors (Lipinski definition) is 0. The monoisotopic (exact) mass is 11500 g/mol. The van der Waals surface area contributed by atoms with Crippen molar-refractivity contribution in [2.75, 3.05) is 0 Å². The van der Waals surface area contributed by atoms with Gasteiger partial charge in [0.2, 0.25) is 0 Å². The molecule has 0 spiro atoms. The van der Waals surface area contributed by atoms with E-state index in [9.17, 15) is 0 Å². The Kier molecular flexibility index (Phi) is 164. The van der Waals surface area contributed by atoms with Gasteiger partial charge in [-0.05, 0) is 0 Å². The molecule has 0 aromatic rings. The van der Waals surface area contributed by atoms with Crippen molar-refractivity contribution in [3.8, 4) is 0 Å². The summed E-state index contributed by atoms with van der Waals surface area (Å²) in [4.78, 5) is 0. The Morgan fingerprint density at radius 3 is 0.231 bits per heavy atom. The van der Waals surface area contributed by atoms with E-state index in [2.05, 4.69) is 856 Å². The van der Waals surface area contributed by atoms with Gasteiger partial charge < -0.3 is 0 Å². The van der Waals surface area contributed by atoms with E-state index < -0.39 is 347 Å². The fraction of sp³-hybridized carbons (Fsp3) is 0. The first-order chi connectivity index (χ1) is 41.4. The minimum atomic E-state index is -0.651. The zero-order chi connectivity index (χ0) is 72.1. The van der Waals surface area contributed by atoms with Crippen LogP contribution in [0, 0.1) is 0 Å². The van der Waals surface area contributed by atoms with Crippen molar-refractivity contribution in [2.24, 2.45) is 0 Å². The fourth-order valence-corrected chi connectivity index (χ4v) is 17800. The van der Waals surface area contributed by atoms with Crippen LogP contribution in [0.15, 0.2) is 0 Å². The first-order valence-corrected chi connectivity index (χ1v) is 579. The Morgan fingerprint density at radius 1 is 0.0989 bits per heavy atom. The Balaban J connectivity index is 5.86. The van der Waals surface area contributed by atoms with E-state index in [1.54, 1.807) is 0 Å². The summed E-state index contributed by atoms with van der Waals surface area (Å²) in [5.41, 5.74) is 0. The van der Waals surface area contributed by atoms with Crippen molar-refractivity contribution in [1.29, 1.82) is 0 Å². The van der Waals surface area contributed by atoms with Gasteiger partial charge in [-0.2, -0.15) is 0 Å². The predicted octanol–water partition coefficient (Wildman–Crippen LogP) is 76.7. The molecule has 0 aliphatic rings. The quantitative estimate of drug-likeness (QED) is 0.0534. The van der Waals surface area contributed by atoms with E-state index >= 15 is 0 Å². The third kappa shape index (κ3) is 64.5. The van der Waals surface area contributed by atoms with E-state index in [0.717, 1.165) is 0 Å². The van der Waals surface area contributed by atoms with Gasteiger partial charge >= 0.3 is 1220 Å². The van der Waals surface area contributed by atoms with Gasteiger partial charge in [-0.25, -0.2) is 0 Å². The number of hydrogen-bond acceptors (Lipinski definition) is 0. The maximum atomic E-state index is 3.47. The Hall–Kier alpha value is 66.4. The Bertz CT molecular complexity index is 1870. The van der Waals surface area contributed by atoms with Crippen LogP contribution in [0.5, 0.6) is 0 Å². The molecule has 0 rings (SSSR count). The molecular weight excluding hydrogens is 11500 g/mol. The molecule has 0 aromatic carbocycles. The predicted molar refractivity (Wildman–Crippen MR) is 1260 cm³/mol. The molecule has 0 unspecified atom stereocenters. The van der Waals surface area contributed by atoms with Crippen LogP contribution < -0.4 is 13.3 Å². The third-order valence-corrected chi connectivity index (χ3v) is 7190. The van der Waals surface area contributed by atoms with Crippen molar-refractivity contribution in [2.45, 2.75) is 0 Å². The molecule has 0 heterocycles. The summed E-state index contributed by atoms with van der Waals surface area (Å²) in [6.45, 7) is 0. The van der Waals surface area contributed by atoms with Crippen LogP contribution in [-0.4, -0.2) is 0 Å². The summed E-state index contributed by atoms with van der Waals surface area (Å²) >= 11 is 156. The van der Waals surface area contributed by atoms with Crippen LogP contribution in [-0.2, 0) is 0 Å². The molecule has 0 aliphatic carbocycles. The van der Waals surface area contributed by atoms with Crippen molar-refractivity contribution in [3.05, 3.63) is 0 Å². The minimum absolute atomic E-state index is 0.420. The van der Waals surface area contributed by atoms with Crippen molar-refractivity contribution < 1.29 is 13.3 Å². The van der Waals surface area contributed by atoms with Crippen molar-refractivity contribution >= 4 is 1200 Å². The molecule has 0 nitrogen and oxygen atoms in total. The van der Waals surface area contributed by atoms with E-state index in [0.29, 0.717) is 13.3 Å². The molecule has 0 atom stereocenters. The molecule has 0 saturated carbocycles. The molecule has 0 aromatic heterocycles. The molecule has 0 saturated heterocycles. The number of halogens is 91. The summed E-state index contributed by atoms with van der Waals surface area (Å²) in [6.07, 6.45) is 0. The van der Waals surface area contributed by atoms with E-state index in [-0.39, 0.29) is 0 Å². The Morgan fingerprint density at radius 2 is 0.165 bits per heavy atom. The van der Waals surface area contributed by atoms with Crippen LogP contribution in [0.2, 0.25) is 0 Å². The summed E-state index contributed by atoms with van der Waals surface area (Å²) in [5.74, 6) is 0. The molecule has 0 aliphatic heterocycles. The van der Waals surface area contributed by atoms with Crippen LogP contribution >= 0.6 is 1200 Å². The maximum absolute atomic E-state index is 3.47. The standard InChI is InChI=1S/I91/c1-47-49(4)51(6)53(8)55(10)57(12)59(14)61(16)63(18)65(20)67(22)69(24)71(26)73(28)75(30)77(32)79(34)81(36)83(38)85(40)87(42)89(44)91(46)90(45)88(43)86(41)84(39)82(37)80(35)78(33)76(31)74(29)72(27)70(25)68(23)66(21)64(19)62(17)60(15)58(13)56(11)54(9)52(7)50(5)48(2)3/q-1. The summed E-state index contributed by atoms with van der Waals surface area (Å²) in [7, 11) is -26.4. The summed E-state index contributed by atoms with van der Waals surface area (Å²) in [6, 6.07) is 0. The molecule has 0 amide bonds. The van der Waals surface area contributed by atoms with Gasteiger partial charge in [0, 0.05) is 0 Å². The SMILES string of the molecule is I[I-]I(I)I(I)I(I)I(I)I(I)I(I)I(I)I(I)I(I)I(I)I(I)I(I)I(I)I(I)I(I)I(I)I(I)I(I)I(I)I(I)I(I)I(I)I(I)I(I)I(I)I(I)I(I)I(I)I(I)I(I)I(I)I(I)I(I)I(I)I(I)I(I)I(I)I(I)I(I)I(I)I(I)I(I)I(I)I(I)I. The second-order valence-electron chi connectivity index (χ2n) is 7.18. The van der Waals surface area contributed by atoms with E-state index in [4.69, 9.17) is 0 Å². The van der Waals surface area contributed by atoms with Crippen molar-refractivity contribution in [1.82, 2.24) is 0 Å².